The van der Waals surface area contributed by atoms with E-state index in [1.165, 1.54) is 0 Å². The molecule has 0 atom stereocenters. The highest BCUT2D eigenvalue weighted by molar-refractivity contribution is 5.83. The second-order valence-electron chi connectivity index (χ2n) is 6.34. The second kappa shape index (κ2) is 6.92. The lowest BCUT2D eigenvalue weighted by atomic mass is 10.2. The van der Waals surface area contributed by atoms with Crippen molar-refractivity contribution >= 4 is 44.9 Å². The van der Waals surface area contributed by atoms with Crippen LogP contribution in [0.3, 0.4) is 0 Å². The van der Waals surface area contributed by atoms with Crippen molar-refractivity contribution in [2.45, 2.75) is 0 Å². The van der Waals surface area contributed by atoms with Crippen molar-refractivity contribution in [2.75, 3.05) is 10.6 Å². The molecule has 0 aliphatic heterocycles. The molecular formula is C22H16N6. The van der Waals surface area contributed by atoms with Crippen LogP contribution in [0.4, 0.5) is 23.1 Å². The summed E-state index contributed by atoms with van der Waals surface area (Å²) in [5.74, 6) is 1.21. The van der Waals surface area contributed by atoms with Crippen LogP contribution in [0.15, 0.2) is 85.3 Å². The molecule has 2 aromatic carbocycles. The maximum Gasteiger partial charge on any atom is 0.229 e. The van der Waals surface area contributed by atoms with Gasteiger partial charge in [-0.15, -0.1) is 0 Å². The third kappa shape index (κ3) is 3.31. The predicted octanol–water partition coefficient (Wildman–Crippen LogP) is 5.06. The lowest BCUT2D eigenvalue weighted by molar-refractivity contribution is 1.16. The first-order valence-corrected chi connectivity index (χ1v) is 8.90. The molecule has 0 amide bonds. The number of hydrogen-bond acceptors (Lipinski definition) is 6. The summed E-state index contributed by atoms with van der Waals surface area (Å²) < 4.78 is 0. The van der Waals surface area contributed by atoms with E-state index < -0.39 is 0 Å². The Kier molecular flexibility index (Phi) is 3.99. The monoisotopic (exact) mass is 364 g/mol. The fraction of sp³-hybridized carbons (Fsp3) is 0. The fourth-order valence-electron chi connectivity index (χ4n) is 3.06. The van der Waals surface area contributed by atoms with Crippen molar-refractivity contribution in [2.24, 2.45) is 0 Å². The van der Waals surface area contributed by atoms with Gasteiger partial charge < -0.3 is 10.6 Å². The number of para-hydroxylation sites is 1. The Hall–Kier alpha value is -4.06. The number of rotatable bonds is 4. The van der Waals surface area contributed by atoms with Crippen molar-refractivity contribution in [3.8, 4) is 0 Å². The van der Waals surface area contributed by atoms with Crippen LogP contribution in [0, 0.1) is 0 Å². The zero-order valence-corrected chi connectivity index (χ0v) is 14.9. The van der Waals surface area contributed by atoms with Gasteiger partial charge in [-0.2, -0.15) is 4.98 Å². The number of fused-ring (bicyclic) bond motifs is 2. The molecule has 3 heterocycles. The van der Waals surface area contributed by atoms with E-state index in [0.717, 1.165) is 33.2 Å². The van der Waals surface area contributed by atoms with E-state index in [2.05, 4.69) is 30.6 Å². The van der Waals surface area contributed by atoms with E-state index in [1.54, 1.807) is 18.6 Å². The van der Waals surface area contributed by atoms with Gasteiger partial charge in [-0.3, -0.25) is 9.97 Å². The maximum atomic E-state index is 4.55. The van der Waals surface area contributed by atoms with Gasteiger partial charge in [0.15, 0.2) is 0 Å². The number of hydrogen-bond donors (Lipinski definition) is 2. The summed E-state index contributed by atoms with van der Waals surface area (Å²) in [6.45, 7) is 0. The van der Waals surface area contributed by atoms with Gasteiger partial charge in [0.2, 0.25) is 5.95 Å². The van der Waals surface area contributed by atoms with Gasteiger partial charge in [0.25, 0.3) is 0 Å². The van der Waals surface area contributed by atoms with Gasteiger partial charge in [-0.1, -0.05) is 24.3 Å². The summed E-state index contributed by atoms with van der Waals surface area (Å²) in [6.07, 6.45) is 5.30. The molecule has 28 heavy (non-hydrogen) atoms. The summed E-state index contributed by atoms with van der Waals surface area (Å²) in [5.41, 5.74) is 3.70. The number of anilines is 4. The first kappa shape index (κ1) is 16.1. The Morgan fingerprint density at radius 3 is 2.39 bits per heavy atom. The smallest absolute Gasteiger partial charge is 0.229 e. The number of nitrogens with one attached hydrogen (secondary N) is 2. The molecule has 0 fully saturated rings. The van der Waals surface area contributed by atoms with Gasteiger partial charge in [0.1, 0.15) is 5.82 Å². The highest BCUT2D eigenvalue weighted by atomic mass is 15.1. The molecule has 0 saturated heterocycles. The molecule has 3 aromatic heterocycles. The zero-order chi connectivity index (χ0) is 18.8. The SMILES string of the molecule is c1ccc2ncc(Nc3ccnc(Nc4ccc5ncccc5c4)n3)cc2c1. The van der Waals surface area contributed by atoms with Gasteiger partial charge in [0.05, 0.1) is 22.9 Å². The highest BCUT2D eigenvalue weighted by Crippen LogP contribution is 2.22. The number of aromatic nitrogens is 4. The average molecular weight is 364 g/mol. The van der Waals surface area contributed by atoms with E-state index >= 15 is 0 Å². The standard InChI is InChI=1S/C22H16N6/c1-2-6-19-15(4-1)13-18(14-25-19)26-21-9-11-24-22(28-21)27-17-7-8-20-16(12-17)5-3-10-23-20/h1-14H,(H2,24,26,27,28). The third-order valence-electron chi connectivity index (χ3n) is 4.38. The molecule has 0 unspecified atom stereocenters. The Labute approximate surface area is 161 Å². The Balaban J connectivity index is 1.39. The minimum atomic E-state index is 0.516. The van der Waals surface area contributed by atoms with Crippen LogP contribution in [0.5, 0.6) is 0 Å². The lowest BCUT2D eigenvalue weighted by Crippen LogP contribution is -2.00. The van der Waals surface area contributed by atoms with Crippen LogP contribution in [0.25, 0.3) is 21.8 Å². The number of nitrogens with zero attached hydrogens (tertiary/aromatic N) is 4. The number of benzene rings is 2. The van der Waals surface area contributed by atoms with Crippen molar-refractivity contribution in [3.05, 3.63) is 85.3 Å². The first-order valence-electron chi connectivity index (χ1n) is 8.90. The maximum absolute atomic E-state index is 4.55. The zero-order valence-electron chi connectivity index (χ0n) is 14.9. The molecule has 0 radical (unpaired) electrons. The summed E-state index contributed by atoms with van der Waals surface area (Å²) in [4.78, 5) is 17.7. The van der Waals surface area contributed by atoms with Crippen LogP contribution in [0.2, 0.25) is 0 Å². The van der Waals surface area contributed by atoms with Crippen molar-refractivity contribution in [1.82, 2.24) is 19.9 Å². The molecule has 134 valence electrons. The van der Waals surface area contributed by atoms with E-state index in [0.29, 0.717) is 11.8 Å². The summed E-state index contributed by atoms with van der Waals surface area (Å²) in [6, 6.07) is 21.8. The van der Waals surface area contributed by atoms with E-state index in [1.807, 2.05) is 66.7 Å². The predicted molar refractivity (Wildman–Crippen MR) is 112 cm³/mol. The fourth-order valence-corrected chi connectivity index (χ4v) is 3.06. The Bertz CT molecular complexity index is 1190. The number of pyridine rings is 2. The molecule has 0 aliphatic carbocycles. The first-order chi connectivity index (χ1) is 13.8. The quantitative estimate of drug-likeness (QED) is 0.464. The largest absolute Gasteiger partial charge is 0.339 e. The van der Waals surface area contributed by atoms with Gasteiger partial charge >= 0.3 is 0 Å². The van der Waals surface area contributed by atoms with E-state index in [-0.39, 0.29) is 0 Å². The van der Waals surface area contributed by atoms with E-state index in [9.17, 15) is 0 Å². The van der Waals surface area contributed by atoms with Gasteiger partial charge in [-0.25, -0.2) is 4.98 Å². The molecule has 6 nitrogen and oxygen atoms in total. The highest BCUT2D eigenvalue weighted by Gasteiger charge is 2.04. The lowest BCUT2D eigenvalue weighted by Gasteiger charge is -2.09. The Morgan fingerprint density at radius 2 is 1.43 bits per heavy atom. The molecule has 2 N–H and O–H groups in total. The van der Waals surface area contributed by atoms with Gasteiger partial charge in [-0.05, 0) is 42.5 Å². The van der Waals surface area contributed by atoms with E-state index in [4.69, 9.17) is 0 Å². The van der Waals surface area contributed by atoms with Crippen molar-refractivity contribution in [1.29, 1.82) is 0 Å². The average Bonchev–Trinajstić information content (AvgIpc) is 2.74. The van der Waals surface area contributed by atoms with Gasteiger partial charge in [0, 0.05) is 28.9 Å². The molecule has 5 aromatic rings. The summed E-state index contributed by atoms with van der Waals surface area (Å²) >= 11 is 0. The van der Waals surface area contributed by atoms with Crippen LogP contribution >= 0.6 is 0 Å². The van der Waals surface area contributed by atoms with Crippen LogP contribution < -0.4 is 10.6 Å². The van der Waals surface area contributed by atoms with Crippen molar-refractivity contribution in [3.63, 3.8) is 0 Å². The topological polar surface area (TPSA) is 75.6 Å². The molecule has 5 rings (SSSR count). The van der Waals surface area contributed by atoms with Crippen molar-refractivity contribution < 1.29 is 0 Å². The molecule has 0 saturated carbocycles. The molecule has 0 spiro atoms. The van der Waals surface area contributed by atoms with Crippen LogP contribution in [0.1, 0.15) is 0 Å². The van der Waals surface area contributed by atoms with Crippen LogP contribution in [-0.4, -0.2) is 19.9 Å². The summed E-state index contributed by atoms with van der Waals surface area (Å²) in [7, 11) is 0. The molecule has 0 aliphatic rings. The normalized spacial score (nSPS) is 10.9. The molecule has 6 heteroatoms. The summed E-state index contributed by atoms with van der Waals surface area (Å²) in [5, 5.41) is 8.67. The van der Waals surface area contributed by atoms with Crippen LogP contribution in [-0.2, 0) is 0 Å². The molecule has 0 bridgehead atoms. The molecular weight excluding hydrogens is 348 g/mol. The minimum Gasteiger partial charge on any atom is -0.339 e. The second-order valence-corrected chi connectivity index (χ2v) is 6.34. The third-order valence-corrected chi connectivity index (χ3v) is 4.38. The Morgan fingerprint density at radius 1 is 0.607 bits per heavy atom. The minimum absolute atomic E-state index is 0.516.